The minimum Gasteiger partial charge on any atom is -0.477 e. The number of allylic oxidation sites excluding steroid dienone is 1. The molecule has 0 aromatic heterocycles. The SMILES string of the molecule is CCCCCCCCCCCCCCCCCCCC/C=C/C(O)C(COC1OC(CO)C(OC2OC(CO)C(O)C(OC3(C(=O)O)CC(O)C(NC(C)=O)C(C(O)C(O)CO)O3)C2O)C(O)C1O)NC(=O)CCCCCCCCCCCCCCCCCC. The second kappa shape index (κ2) is 48.2. The smallest absolute Gasteiger partial charge is 0.364 e. The fraction of sp³-hybridized carbons (Fsp3) is 0.925. The minimum atomic E-state index is -3.08. The number of carboxylic acids is 1. The van der Waals surface area contributed by atoms with Gasteiger partial charge in [-0.1, -0.05) is 231 Å². The van der Waals surface area contributed by atoms with Gasteiger partial charge in [0, 0.05) is 19.8 Å². The number of ether oxygens (including phenoxy) is 6. The van der Waals surface area contributed by atoms with Crippen LogP contribution in [-0.2, 0) is 42.8 Å². The number of aliphatic hydroxyl groups excluding tert-OH is 11. The van der Waals surface area contributed by atoms with Gasteiger partial charge in [-0.3, -0.25) is 9.59 Å². The number of hydrogen-bond acceptors (Lipinski definition) is 20. The molecule has 0 bridgehead atoms. The largest absolute Gasteiger partial charge is 0.477 e. The van der Waals surface area contributed by atoms with Crippen LogP contribution in [0.5, 0.6) is 0 Å². The Morgan fingerprint density at radius 1 is 0.578 bits per heavy atom. The monoisotopic (exact) mass is 1290 g/mol. The third-order valence-electron chi connectivity index (χ3n) is 18.0. The van der Waals surface area contributed by atoms with E-state index < -0.39 is 155 Å². The third kappa shape index (κ3) is 30.5. The van der Waals surface area contributed by atoms with Gasteiger partial charge >= 0.3 is 5.97 Å². The Hall–Kier alpha value is -2.53. The quantitative estimate of drug-likeness (QED) is 0.0235. The molecule has 3 saturated heterocycles. The molecule has 18 atom stereocenters. The van der Waals surface area contributed by atoms with Gasteiger partial charge in [0.05, 0.1) is 50.7 Å². The normalized spacial score (nSPS) is 28.6. The van der Waals surface area contributed by atoms with Crippen LogP contribution in [0.15, 0.2) is 12.2 Å². The fourth-order valence-electron chi connectivity index (χ4n) is 12.4. The first kappa shape index (κ1) is 81.7. The number of aliphatic hydroxyl groups is 11. The highest BCUT2D eigenvalue weighted by molar-refractivity contribution is 5.77. The zero-order chi connectivity index (χ0) is 66.1. The molecule has 0 aliphatic carbocycles. The van der Waals surface area contributed by atoms with Crippen LogP contribution in [0.4, 0.5) is 0 Å². The zero-order valence-corrected chi connectivity index (χ0v) is 55.0. The summed E-state index contributed by atoms with van der Waals surface area (Å²) in [7, 11) is 0. The van der Waals surface area contributed by atoms with Crippen LogP contribution in [0.1, 0.15) is 258 Å². The Balaban J connectivity index is 1.61. The van der Waals surface area contributed by atoms with E-state index in [1.807, 2.05) is 6.08 Å². The minimum absolute atomic E-state index is 0.205. The van der Waals surface area contributed by atoms with E-state index in [1.165, 1.54) is 167 Å². The van der Waals surface area contributed by atoms with Crippen molar-refractivity contribution < 1.29 is 104 Å². The Kier molecular flexibility index (Phi) is 43.8. The highest BCUT2D eigenvalue weighted by Crippen LogP contribution is 2.39. The van der Waals surface area contributed by atoms with E-state index in [0.717, 1.165) is 51.9 Å². The van der Waals surface area contributed by atoms with Crippen molar-refractivity contribution in [2.24, 2.45) is 0 Å². The molecule has 14 N–H and O–H groups in total. The maximum atomic E-state index is 13.4. The molecule has 18 unspecified atom stereocenters. The molecule has 2 amide bonds. The van der Waals surface area contributed by atoms with Gasteiger partial charge in [-0.15, -0.1) is 0 Å². The first-order valence-electron chi connectivity index (χ1n) is 35.1. The van der Waals surface area contributed by atoms with E-state index in [9.17, 15) is 75.7 Å². The van der Waals surface area contributed by atoms with Gasteiger partial charge in [0.25, 0.3) is 5.79 Å². The standard InChI is InChI=1S/C67H124N2O21/c1-4-6-8-10-12-14-16-18-20-22-23-24-25-26-28-30-32-34-36-38-40-49(74)48(69-54(77)41-39-37-35-33-31-29-27-21-19-17-15-13-11-9-7-5-2)46-85-64-59(81)58(80)61(53(45-72)87-64)88-65-60(82)63(57(79)52(44-71)86-65)90-67(66(83)84)42-50(75)55(68-47(3)73)62(89-67)56(78)51(76)43-70/h38,40,48-53,55-65,70-72,74-76,78-82H,4-37,39,41-46H2,1-3H3,(H,68,73)(H,69,77)(H,83,84)/b40-38+. The molecule has 3 aliphatic rings. The predicted molar refractivity (Wildman–Crippen MR) is 338 cm³/mol. The molecule has 0 aromatic rings. The molecular weight excluding hydrogens is 1170 g/mol. The molecular formula is C67H124N2O21. The summed E-state index contributed by atoms with van der Waals surface area (Å²) < 4.78 is 34.8. The van der Waals surface area contributed by atoms with Crippen LogP contribution >= 0.6 is 0 Å². The summed E-state index contributed by atoms with van der Waals surface area (Å²) in [5.41, 5.74) is 0. The highest BCUT2D eigenvalue weighted by atomic mass is 16.8. The third-order valence-corrected chi connectivity index (χ3v) is 18.0. The van der Waals surface area contributed by atoms with Crippen LogP contribution < -0.4 is 10.6 Å². The summed E-state index contributed by atoms with van der Waals surface area (Å²) in [6.45, 7) is 2.15. The zero-order valence-electron chi connectivity index (χ0n) is 55.0. The Morgan fingerprint density at radius 3 is 1.48 bits per heavy atom. The van der Waals surface area contributed by atoms with Crippen molar-refractivity contribution in [1.82, 2.24) is 10.6 Å². The average Bonchev–Trinajstić information content (AvgIpc) is 0.848. The number of nitrogens with one attached hydrogen (secondary N) is 2. The number of unbranched alkanes of at least 4 members (excludes halogenated alkanes) is 33. The average molecular weight is 1290 g/mol. The summed E-state index contributed by atoms with van der Waals surface area (Å²) in [4.78, 5) is 38.5. The molecule has 3 rings (SSSR count). The number of hydrogen-bond donors (Lipinski definition) is 14. The number of carbonyl (C=O) groups excluding carboxylic acids is 2. The van der Waals surface area contributed by atoms with Crippen molar-refractivity contribution in [3.8, 4) is 0 Å². The van der Waals surface area contributed by atoms with Crippen molar-refractivity contribution in [2.45, 2.75) is 368 Å². The number of rotatable bonds is 53. The molecule has 0 saturated carbocycles. The van der Waals surface area contributed by atoms with Crippen molar-refractivity contribution in [3.63, 3.8) is 0 Å². The first-order chi connectivity index (χ1) is 43.4. The number of carbonyl (C=O) groups is 3. The number of aliphatic carboxylic acids is 1. The second-order valence-corrected chi connectivity index (χ2v) is 25.8. The summed E-state index contributed by atoms with van der Waals surface area (Å²) in [5, 5.41) is 136. The summed E-state index contributed by atoms with van der Waals surface area (Å²) in [5.74, 6) is -6.13. The lowest BCUT2D eigenvalue weighted by Crippen LogP contribution is -2.70. The van der Waals surface area contributed by atoms with E-state index in [-0.39, 0.29) is 12.3 Å². The van der Waals surface area contributed by atoms with E-state index in [2.05, 4.69) is 24.5 Å². The maximum Gasteiger partial charge on any atom is 0.364 e. The van der Waals surface area contributed by atoms with Crippen molar-refractivity contribution in [3.05, 3.63) is 12.2 Å². The van der Waals surface area contributed by atoms with E-state index in [4.69, 9.17) is 28.4 Å². The molecule has 3 fully saturated rings. The van der Waals surface area contributed by atoms with Crippen molar-refractivity contribution in [2.75, 3.05) is 26.4 Å². The Bertz CT molecular complexity index is 1870. The van der Waals surface area contributed by atoms with Crippen LogP contribution in [0.3, 0.4) is 0 Å². The number of carboxylic acid groups (broad SMARTS) is 1. The van der Waals surface area contributed by atoms with Gasteiger partial charge in [-0.05, 0) is 19.3 Å². The lowest BCUT2D eigenvalue weighted by atomic mass is 9.88. The lowest BCUT2D eigenvalue weighted by Gasteiger charge is -2.50. The van der Waals surface area contributed by atoms with Crippen molar-refractivity contribution >= 4 is 17.8 Å². The fourth-order valence-corrected chi connectivity index (χ4v) is 12.4. The van der Waals surface area contributed by atoms with Gasteiger partial charge < -0.3 is 100 Å². The Morgan fingerprint density at radius 2 is 1.03 bits per heavy atom. The molecule has 90 heavy (non-hydrogen) atoms. The number of amides is 2. The summed E-state index contributed by atoms with van der Waals surface area (Å²) >= 11 is 0. The molecule has 0 radical (unpaired) electrons. The molecule has 0 aromatic carbocycles. The van der Waals surface area contributed by atoms with Crippen molar-refractivity contribution in [1.29, 1.82) is 0 Å². The molecule has 528 valence electrons. The molecule has 3 heterocycles. The molecule has 23 heteroatoms. The van der Waals surface area contributed by atoms with Crippen LogP contribution in [0.2, 0.25) is 0 Å². The van der Waals surface area contributed by atoms with Crippen LogP contribution in [0.25, 0.3) is 0 Å². The maximum absolute atomic E-state index is 13.4. The Labute approximate surface area is 537 Å². The van der Waals surface area contributed by atoms with Gasteiger partial charge in [0.1, 0.15) is 67.1 Å². The molecule has 3 aliphatic heterocycles. The van der Waals surface area contributed by atoms with Crippen LogP contribution in [0, 0.1) is 0 Å². The second-order valence-electron chi connectivity index (χ2n) is 25.8. The van der Waals surface area contributed by atoms with E-state index in [0.29, 0.717) is 12.8 Å². The van der Waals surface area contributed by atoms with Gasteiger partial charge in [0.15, 0.2) is 12.6 Å². The van der Waals surface area contributed by atoms with E-state index >= 15 is 0 Å². The van der Waals surface area contributed by atoms with Gasteiger partial charge in [-0.25, -0.2) is 4.79 Å². The summed E-state index contributed by atoms with van der Waals surface area (Å²) in [6, 6.07) is -2.61. The van der Waals surface area contributed by atoms with E-state index in [1.54, 1.807) is 6.08 Å². The lowest BCUT2D eigenvalue weighted by molar-refractivity contribution is -0.386. The first-order valence-corrected chi connectivity index (χ1v) is 35.1. The van der Waals surface area contributed by atoms with Gasteiger partial charge in [-0.2, -0.15) is 0 Å². The van der Waals surface area contributed by atoms with Crippen LogP contribution in [-0.4, -0.2) is 215 Å². The molecule has 23 nitrogen and oxygen atoms in total. The predicted octanol–water partition coefficient (Wildman–Crippen LogP) is 6.29. The summed E-state index contributed by atoms with van der Waals surface area (Å²) in [6.07, 6.45) is 16.8. The van der Waals surface area contributed by atoms with Gasteiger partial charge in [0.2, 0.25) is 11.8 Å². The molecule has 0 spiro atoms. The topological polar surface area (TPSA) is 373 Å². The highest BCUT2D eigenvalue weighted by Gasteiger charge is 2.60.